The summed E-state index contributed by atoms with van der Waals surface area (Å²) in [5.74, 6) is -0.251. The van der Waals surface area contributed by atoms with Crippen LogP contribution in [0.1, 0.15) is 30.9 Å². The Balaban J connectivity index is 1.59. The molecule has 2 amide bonds. The number of hydrogen-bond donors (Lipinski definition) is 4. The molecular formula is C26H25Br2N3O4. The first-order chi connectivity index (χ1) is 16.8. The van der Waals surface area contributed by atoms with Crippen LogP contribution in [0.3, 0.4) is 0 Å². The van der Waals surface area contributed by atoms with E-state index >= 15 is 0 Å². The lowest BCUT2D eigenvalue weighted by Crippen LogP contribution is -2.18. The Kier molecular flexibility index (Phi) is 9.75. The summed E-state index contributed by atoms with van der Waals surface area (Å²) in [5.41, 5.74) is 7.96. The number of ether oxygens (including phenoxy) is 1. The van der Waals surface area contributed by atoms with Crippen LogP contribution in [0.15, 0.2) is 87.8 Å². The number of nitrogens with two attached hydrogens (primary N) is 1. The van der Waals surface area contributed by atoms with E-state index in [0.717, 1.165) is 8.95 Å². The van der Waals surface area contributed by atoms with E-state index in [1.165, 1.54) is 6.08 Å². The number of aromatic hydroxyl groups is 1. The smallest absolute Gasteiger partial charge is 0.412 e. The van der Waals surface area contributed by atoms with Crippen LogP contribution in [0.4, 0.5) is 21.9 Å². The highest BCUT2D eigenvalue weighted by Crippen LogP contribution is 2.33. The number of phenolic OH excluding ortho intramolecular Hbond substituents is 1. The molecule has 0 aliphatic heterocycles. The molecule has 3 rings (SSSR count). The average Bonchev–Trinajstić information content (AvgIpc) is 2.82. The zero-order valence-corrected chi connectivity index (χ0v) is 21.9. The van der Waals surface area contributed by atoms with Gasteiger partial charge in [0.05, 0.1) is 11.4 Å². The maximum absolute atomic E-state index is 12.5. The Bertz CT molecular complexity index is 1200. The summed E-state index contributed by atoms with van der Waals surface area (Å²) in [6.07, 6.45) is 3.49. The van der Waals surface area contributed by atoms with Crippen LogP contribution in [-0.4, -0.2) is 17.1 Å². The minimum absolute atomic E-state index is 0.0324. The third-order valence-electron chi connectivity index (χ3n) is 5.00. The number of phenols is 1. The van der Waals surface area contributed by atoms with Gasteiger partial charge in [-0.1, -0.05) is 50.1 Å². The molecule has 182 valence electrons. The number of anilines is 3. The molecule has 0 radical (unpaired) electrons. The number of carbonyl (C=O) groups is 2. The normalized spacial score (nSPS) is 11.7. The molecule has 0 bridgehead atoms. The Labute approximate surface area is 220 Å². The van der Waals surface area contributed by atoms with Crippen molar-refractivity contribution < 1.29 is 19.4 Å². The molecule has 0 saturated heterocycles. The number of nitrogens with one attached hydrogen (secondary N) is 2. The largest absolute Gasteiger partial charge is 0.508 e. The molecule has 0 saturated carbocycles. The topological polar surface area (TPSA) is 114 Å². The van der Waals surface area contributed by atoms with E-state index in [9.17, 15) is 14.7 Å². The van der Waals surface area contributed by atoms with Gasteiger partial charge in [-0.25, -0.2) is 4.79 Å². The highest BCUT2D eigenvalue weighted by atomic mass is 79.9. The lowest BCUT2D eigenvalue weighted by atomic mass is 10.0. The van der Waals surface area contributed by atoms with E-state index < -0.39 is 12.2 Å². The number of nitrogen functional groups attached to an aromatic ring is 1. The Hall–Kier alpha value is -3.30. The van der Waals surface area contributed by atoms with Gasteiger partial charge in [0.1, 0.15) is 11.9 Å². The minimum Gasteiger partial charge on any atom is -0.508 e. The molecular weight excluding hydrogens is 578 g/mol. The third-order valence-corrected chi connectivity index (χ3v) is 6.02. The van der Waals surface area contributed by atoms with Crippen LogP contribution in [0, 0.1) is 0 Å². The predicted octanol–water partition coefficient (Wildman–Crippen LogP) is 7.15. The fourth-order valence-electron chi connectivity index (χ4n) is 3.27. The van der Waals surface area contributed by atoms with Crippen molar-refractivity contribution in [2.45, 2.75) is 25.4 Å². The zero-order chi connectivity index (χ0) is 25.2. The number of unbranched alkanes of at least 4 members (excludes halogenated alkanes) is 1. The van der Waals surface area contributed by atoms with Gasteiger partial charge < -0.3 is 20.9 Å². The highest BCUT2D eigenvalue weighted by molar-refractivity contribution is 9.10. The molecule has 1 atom stereocenters. The van der Waals surface area contributed by atoms with Gasteiger partial charge in [-0.15, -0.1) is 0 Å². The van der Waals surface area contributed by atoms with Gasteiger partial charge in [-0.05, 0) is 79.9 Å². The molecule has 0 fully saturated rings. The van der Waals surface area contributed by atoms with Gasteiger partial charge >= 0.3 is 6.09 Å². The number of halogens is 2. The number of amides is 2. The van der Waals surface area contributed by atoms with Gasteiger partial charge in [0, 0.05) is 20.2 Å². The molecule has 0 unspecified atom stereocenters. The summed E-state index contributed by atoms with van der Waals surface area (Å²) in [6, 6.07) is 19.1. The van der Waals surface area contributed by atoms with Gasteiger partial charge in [0.15, 0.2) is 0 Å². The molecule has 0 aliphatic carbocycles. The molecule has 9 heteroatoms. The first kappa shape index (κ1) is 26.3. The molecule has 3 aromatic rings. The molecule has 0 aromatic heterocycles. The molecule has 7 nitrogen and oxygen atoms in total. The van der Waals surface area contributed by atoms with Crippen molar-refractivity contribution in [3.63, 3.8) is 0 Å². The van der Waals surface area contributed by atoms with Gasteiger partial charge in [0.2, 0.25) is 5.91 Å². The van der Waals surface area contributed by atoms with E-state index in [2.05, 4.69) is 42.5 Å². The van der Waals surface area contributed by atoms with E-state index in [0.29, 0.717) is 41.9 Å². The summed E-state index contributed by atoms with van der Waals surface area (Å²) in [5, 5.41) is 15.8. The first-order valence-electron chi connectivity index (χ1n) is 10.9. The lowest BCUT2D eigenvalue weighted by Gasteiger charge is -2.20. The third kappa shape index (κ3) is 8.45. The summed E-state index contributed by atoms with van der Waals surface area (Å²) in [6.45, 7) is 0. The summed E-state index contributed by atoms with van der Waals surface area (Å²) >= 11 is 6.75. The van der Waals surface area contributed by atoms with Gasteiger partial charge in [0.25, 0.3) is 0 Å². The number of rotatable bonds is 9. The predicted molar refractivity (Wildman–Crippen MR) is 145 cm³/mol. The number of carbonyl (C=O) groups excluding carboxylic acids is 2. The summed E-state index contributed by atoms with van der Waals surface area (Å²) in [4.78, 5) is 24.7. The zero-order valence-electron chi connectivity index (χ0n) is 18.7. The fraction of sp³-hybridized carbons (Fsp3) is 0.154. The molecule has 0 aliphatic rings. The van der Waals surface area contributed by atoms with Crippen LogP contribution in [0.25, 0.3) is 0 Å². The van der Waals surface area contributed by atoms with Crippen molar-refractivity contribution in [3.8, 4) is 5.75 Å². The van der Waals surface area contributed by atoms with Crippen molar-refractivity contribution in [3.05, 3.63) is 93.4 Å². The van der Waals surface area contributed by atoms with Crippen LogP contribution in [0.5, 0.6) is 5.75 Å². The van der Waals surface area contributed by atoms with Crippen LogP contribution in [-0.2, 0) is 9.53 Å². The number of allylic oxidation sites excluding steroid dienone is 1. The molecule has 0 spiro atoms. The maximum atomic E-state index is 12.5. The minimum atomic E-state index is -0.686. The second-order valence-corrected chi connectivity index (χ2v) is 9.47. The monoisotopic (exact) mass is 601 g/mol. The molecule has 3 aromatic carbocycles. The Morgan fingerprint density at radius 1 is 1.00 bits per heavy atom. The van der Waals surface area contributed by atoms with E-state index in [-0.39, 0.29) is 11.7 Å². The van der Waals surface area contributed by atoms with Gasteiger partial charge in [-0.2, -0.15) is 0 Å². The molecule has 5 N–H and O–H groups in total. The van der Waals surface area contributed by atoms with Gasteiger partial charge in [-0.3, -0.25) is 10.1 Å². The Morgan fingerprint density at radius 3 is 2.46 bits per heavy atom. The lowest BCUT2D eigenvalue weighted by molar-refractivity contribution is -0.111. The first-order valence-corrected chi connectivity index (χ1v) is 12.4. The van der Waals surface area contributed by atoms with Crippen LogP contribution in [0.2, 0.25) is 0 Å². The van der Waals surface area contributed by atoms with E-state index in [4.69, 9.17) is 10.5 Å². The van der Waals surface area contributed by atoms with Crippen LogP contribution < -0.4 is 16.4 Å². The number of hydrogen-bond acceptors (Lipinski definition) is 5. The quantitative estimate of drug-likeness (QED) is 0.118. The van der Waals surface area contributed by atoms with Crippen molar-refractivity contribution in [1.29, 1.82) is 0 Å². The second kappa shape index (κ2) is 13.0. The van der Waals surface area contributed by atoms with E-state index in [1.54, 1.807) is 60.7 Å². The maximum Gasteiger partial charge on any atom is 0.412 e. The number of para-hydroxylation sites is 2. The van der Waals surface area contributed by atoms with E-state index in [1.807, 2.05) is 12.1 Å². The van der Waals surface area contributed by atoms with Crippen molar-refractivity contribution in [2.75, 3.05) is 16.4 Å². The Morgan fingerprint density at radius 2 is 1.71 bits per heavy atom. The summed E-state index contributed by atoms with van der Waals surface area (Å²) < 4.78 is 7.31. The fourth-order valence-corrected chi connectivity index (χ4v) is 3.91. The van der Waals surface area contributed by atoms with Crippen molar-refractivity contribution in [2.24, 2.45) is 0 Å². The highest BCUT2D eigenvalue weighted by Gasteiger charge is 2.20. The molecule has 35 heavy (non-hydrogen) atoms. The van der Waals surface area contributed by atoms with Crippen molar-refractivity contribution >= 4 is 60.9 Å². The number of benzene rings is 3. The average molecular weight is 603 g/mol. The molecule has 0 heterocycles. The van der Waals surface area contributed by atoms with Crippen molar-refractivity contribution in [1.82, 2.24) is 0 Å². The van der Waals surface area contributed by atoms with Crippen LogP contribution >= 0.6 is 31.9 Å². The summed E-state index contributed by atoms with van der Waals surface area (Å²) in [7, 11) is 0. The second-order valence-electron chi connectivity index (χ2n) is 7.64. The standard InChI is InChI=1S/C26H25Br2N3O4/c27-17-10-13-19(14-11-17)30-26(34)35-24(20-16-18(28)12-15-23(20)32)8-2-1-3-9-25(33)31-22-7-5-4-6-21(22)29/h3-7,9-16,24,32H,1-2,8,29H2,(H,30,34)(H,31,33)/b9-3+/t24-/m0/s1. The SMILES string of the molecule is Nc1ccccc1NC(=O)/C=C/CCC[C@H](OC(=O)Nc1ccc(Br)cc1)c1cc(Br)ccc1O.